The fourth-order valence-corrected chi connectivity index (χ4v) is 3.41. The highest BCUT2D eigenvalue weighted by atomic mass is 19.4. The molecule has 0 radical (unpaired) electrons. The van der Waals surface area contributed by atoms with Crippen molar-refractivity contribution in [1.82, 2.24) is 14.9 Å². The molecule has 3 aromatic rings. The number of nitrogens with one attached hydrogen (secondary N) is 1. The van der Waals surface area contributed by atoms with Crippen molar-refractivity contribution in [2.45, 2.75) is 18.8 Å². The minimum atomic E-state index is -4.40. The van der Waals surface area contributed by atoms with Gasteiger partial charge in [0.2, 0.25) is 0 Å². The summed E-state index contributed by atoms with van der Waals surface area (Å²) in [5.41, 5.74) is 0.938. The molecule has 1 aliphatic rings. The molecule has 7 nitrogen and oxygen atoms in total. The van der Waals surface area contributed by atoms with E-state index in [4.69, 9.17) is 4.74 Å². The number of aromatic amines is 1. The zero-order valence-electron chi connectivity index (χ0n) is 15.1. The van der Waals surface area contributed by atoms with Crippen LogP contribution in [0.15, 0.2) is 42.5 Å². The average molecular weight is 406 g/mol. The van der Waals surface area contributed by atoms with Crippen LogP contribution in [0.25, 0.3) is 11.0 Å². The molecule has 0 aliphatic carbocycles. The van der Waals surface area contributed by atoms with E-state index in [1.807, 2.05) is 4.90 Å². The second-order valence-electron chi connectivity index (χ2n) is 6.86. The number of morpholine rings is 1. The van der Waals surface area contributed by atoms with Crippen LogP contribution in [0, 0.1) is 10.1 Å². The maximum atomic E-state index is 13.0. The molecule has 29 heavy (non-hydrogen) atoms. The van der Waals surface area contributed by atoms with Crippen molar-refractivity contribution in [3.63, 3.8) is 0 Å². The van der Waals surface area contributed by atoms with E-state index in [1.54, 1.807) is 12.1 Å². The fraction of sp³-hybridized carbons (Fsp3) is 0.316. The Morgan fingerprint density at radius 3 is 2.86 bits per heavy atom. The van der Waals surface area contributed by atoms with Gasteiger partial charge in [0.25, 0.3) is 5.69 Å². The molecule has 0 amide bonds. The summed E-state index contributed by atoms with van der Waals surface area (Å²) >= 11 is 0. The quantitative estimate of drug-likeness (QED) is 0.522. The van der Waals surface area contributed by atoms with E-state index in [2.05, 4.69) is 9.97 Å². The van der Waals surface area contributed by atoms with Gasteiger partial charge in [-0.2, -0.15) is 13.2 Å². The molecular weight excluding hydrogens is 389 g/mol. The Morgan fingerprint density at radius 2 is 2.10 bits per heavy atom. The molecule has 2 heterocycles. The third kappa shape index (κ3) is 4.22. The van der Waals surface area contributed by atoms with E-state index in [0.29, 0.717) is 48.7 Å². The molecule has 152 valence electrons. The van der Waals surface area contributed by atoms with Crippen LogP contribution in [-0.4, -0.2) is 39.5 Å². The molecule has 1 aliphatic heterocycles. The Bertz CT molecular complexity index is 1050. The van der Waals surface area contributed by atoms with E-state index in [-0.39, 0.29) is 5.69 Å². The third-order valence-electron chi connectivity index (χ3n) is 4.84. The standard InChI is InChI=1S/C19H17F3N4O3/c20-19(21,22)13-3-1-2-12(8-13)17-10-25(6-7-29-17)11-18-23-15-5-4-14(26(27)28)9-16(15)24-18/h1-5,8-9,17H,6-7,10-11H2,(H,23,24)/t17-/m0/s1. The summed E-state index contributed by atoms with van der Waals surface area (Å²) in [4.78, 5) is 20.0. The predicted octanol–water partition coefficient (Wildman–Crippen LogP) is 4.06. The first-order chi connectivity index (χ1) is 13.8. The highest BCUT2D eigenvalue weighted by Gasteiger charge is 2.32. The molecule has 1 aromatic heterocycles. The van der Waals surface area contributed by atoms with Gasteiger partial charge in [0.15, 0.2) is 0 Å². The molecule has 0 unspecified atom stereocenters. The molecule has 1 fully saturated rings. The van der Waals surface area contributed by atoms with Crippen molar-refractivity contribution in [2.75, 3.05) is 19.7 Å². The van der Waals surface area contributed by atoms with E-state index in [9.17, 15) is 23.3 Å². The number of benzene rings is 2. The predicted molar refractivity (Wildman–Crippen MR) is 98.2 cm³/mol. The smallest absolute Gasteiger partial charge is 0.371 e. The molecule has 1 saturated heterocycles. The Labute approximate surface area is 163 Å². The SMILES string of the molecule is O=[N+]([O-])c1ccc2nc(CN3CCO[C@H](c4cccc(C(F)(F)F)c4)C3)[nH]c2c1. The number of ether oxygens (including phenoxy) is 1. The monoisotopic (exact) mass is 406 g/mol. The van der Waals surface area contributed by atoms with Crippen LogP contribution in [0.4, 0.5) is 18.9 Å². The van der Waals surface area contributed by atoms with Gasteiger partial charge in [-0.1, -0.05) is 12.1 Å². The molecule has 0 saturated carbocycles. The van der Waals surface area contributed by atoms with Gasteiger partial charge in [0.1, 0.15) is 5.82 Å². The van der Waals surface area contributed by atoms with E-state index < -0.39 is 22.8 Å². The van der Waals surface area contributed by atoms with Crippen LogP contribution < -0.4 is 0 Å². The van der Waals surface area contributed by atoms with Crippen molar-refractivity contribution in [3.05, 3.63) is 69.5 Å². The van der Waals surface area contributed by atoms with Crippen LogP contribution in [0.1, 0.15) is 23.1 Å². The number of alkyl halides is 3. The normalized spacial score (nSPS) is 18.2. The Kier molecular flexibility index (Phi) is 4.97. The topological polar surface area (TPSA) is 84.3 Å². The minimum Gasteiger partial charge on any atom is -0.371 e. The average Bonchev–Trinajstić information content (AvgIpc) is 3.09. The maximum Gasteiger partial charge on any atom is 0.416 e. The van der Waals surface area contributed by atoms with Crippen molar-refractivity contribution in [3.8, 4) is 0 Å². The number of non-ortho nitro benzene ring substituents is 1. The number of halogens is 3. The second kappa shape index (κ2) is 7.45. The van der Waals surface area contributed by atoms with Crippen LogP contribution in [-0.2, 0) is 17.5 Å². The Morgan fingerprint density at radius 1 is 1.28 bits per heavy atom. The van der Waals surface area contributed by atoms with Gasteiger partial charge in [-0.15, -0.1) is 0 Å². The van der Waals surface area contributed by atoms with Gasteiger partial charge in [-0.25, -0.2) is 4.98 Å². The van der Waals surface area contributed by atoms with Gasteiger partial charge in [0.05, 0.1) is 40.8 Å². The lowest BCUT2D eigenvalue weighted by Gasteiger charge is -2.32. The van der Waals surface area contributed by atoms with Crippen molar-refractivity contribution < 1.29 is 22.8 Å². The van der Waals surface area contributed by atoms with Gasteiger partial charge < -0.3 is 9.72 Å². The number of H-pyrrole nitrogens is 1. The lowest BCUT2D eigenvalue weighted by Crippen LogP contribution is -2.38. The number of fused-ring (bicyclic) bond motifs is 1. The number of hydrogen-bond acceptors (Lipinski definition) is 5. The Balaban J connectivity index is 1.49. The summed E-state index contributed by atoms with van der Waals surface area (Å²) in [6.45, 7) is 1.83. The van der Waals surface area contributed by atoms with E-state index in [0.717, 1.165) is 12.1 Å². The molecule has 2 aromatic carbocycles. The number of imidazole rings is 1. The van der Waals surface area contributed by atoms with Crippen molar-refractivity contribution in [1.29, 1.82) is 0 Å². The summed E-state index contributed by atoms with van der Waals surface area (Å²) in [6.07, 6.45) is -4.88. The van der Waals surface area contributed by atoms with E-state index >= 15 is 0 Å². The van der Waals surface area contributed by atoms with Gasteiger partial charge in [-0.05, 0) is 23.8 Å². The minimum absolute atomic E-state index is 0.0244. The summed E-state index contributed by atoms with van der Waals surface area (Å²) in [7, 11) is 0. The number of aromatic nitrogens is 2. The lowest BCUT2D eigenvalue weighted by molar-refractivity contribution is -0.384. The number of nitro benzene ring substituents is 1. The number of nitrogens with zero attached hydrogens (tertiary/aromatic N) is 3. The van der Waals surface area contributed by atoms with Crippen LogP contribution in [0.2, 0.25) is 0 Å². The van der Waals surface area contributed by atoms with Crippen molar-refractivity contribution in [2.24, 2.45) is 0 Å². The summed E-state index contributed by atoms with van der Waals surface area (Å²) in [5.74, 6) is 0.630. The third-order valence-corrected chi connectivity index (χ3v) is 4.84. The van der Waals surface area contributed by atoms with Crippen LogP contribution in [0.5, 0.6) is 0 Å². The molecule has 1 atom stereocenters. The number of nitro groups is 1. The van der Waals surface area contributed by atoms with Gasteiger partial charge in [-0.3, -0.25) is 15.0 Å². The molecule has 10 heteroatoms. The van der Waals surface area contributed by atoms with E-state index in [1.165, 1.54) is 18.2 Å². The zero-order chi connectivity index (χ0) is 20.6. The second-order valence-corrected chi connectivity index (χ2v) is 6.86. The summed E-state index contributed by atoms with van der Waals surface area (Å²) < 4.78 is 44.6. The first-order valence-electron chi connectivity index (χ1n) is 8.94. The van der Waals surface area contributed by atoms with Gasteiger partial charge >= 0.3 is 6.18 Å². The summed E-state index contributed by atoms with van der Waals surface area (Å²) in [6, 6.07) is 9.57. The molecule has 0 spiro atoms. The number of rotatable bonds is 4. The maximum absolute atomic E-state index is 13.0. The molecule has 1 N–H and O–H groups in total. The van der Waals surface area contributed by atoms with Crippen molar-refractivity contribution >= 4 is 16.7 Å². The van der Waals surface area contributed by atoms with Gasteiger partial charge in [0, 0.05) is 25.2 Å². The largest absolute Gasteiger partial charge is 0.416 e. The highest BCUT2D eigenvalue weighted by molar-refractivity contribution is 5.77. The first-order valence-corrected chi connectivity index (χ1v) is 8.94. The summed E-state index contributed by atoms with van der Waals surface area (Å²) in [5, 5.41) is 10.9. The first kappa shape index (κ1) is 19.3. The zero-order valence-corrected chi connectivity index (χ0v) is 15.1. The molecule has 4 rings (SSSR count). The number of hydrogen-bond donors (Lipinski definition) is 1. The van der Waals surface area contributed by atoms with Crippen LogP contribution in [0.3, 0.4) is 0 Å². The molecular formula is C19H17F3N4O3. The Hall–Kier alpha value is -2.98. The molecule has 0 bridgehead atoms. The lowest BCUT2D eigenvalue weighted by atomic mass is 10.0. The van der Waals surface area contributed by atoms with Crippen LogP contribution >= 0.6 is 0 Å². The fourth-order valence-electron chi connectivity index (χ4n) is 3.41. The highest BCUT2D eigenvalue weighted by Crippen LogP contribution is 2.32.